The van der Waals surface area contributed by atoms with Crippen molar-refractivity contribution in [2.24, 2.45) is 0 Å². The lowest BCUT2D eigenvalue weighted by atomic mass is 10.1. The van der Waals surface area contributed by atoms with Gasteiger partial charge in [0, 0.05) is 50.8 Å². The minimum Gasteiger partial charge on any atom is -0.315 e. The van der Waals surface area contributed by atoms with Gasteiger partial charge in [-0.1, -0.05) is 6.92 Å². The number of pyridine rings is 1. The molecule has 0 aromatic carbocycles. The largest absolute Gasteiger partial charge is 0.315 e. The molecule has 1 fully saturated rings. The molecule has 1 saturated heterocycles. The van der Waals surface area contributed by atoms with Crippen LogP contribution < -0.4 is 5.32 Å². The highest BCUT2D eigenvalue weighted by Gasteiger charge is 2.29. The number of nitrogens with one attached hydrogen (secondary N) is 1. The number of hydrogen-bond donors (Lipinski definition) is 1. The number of thioether (sulfide) groups is 2. The van der Waals surface area contributed by atoms with Crippen molar-refractivity contribution < 1.29 is 0 Å². The molecule has 0 aliphatic carbocycles. The van der Waals surface area contributed by atoms with Crippen LogP contribution in [0.3, 0.4) is 0 Å². The van der Waals surface area contributed by atoms with Gasteiger partial charge >= 0.3 is 0 Å². The van der Waals surface area contributed by atoms with E-state index >= 15 is 0 Å². The van der Waals surface area contributed by atoms with Crippen molar-refractivity contribution >= 4 is 39.5 Å². The second kappa shape index (κ2) is 7.17. The minimum absolute atomic E-state index is 0.506. The second-order valence-electron chi connectivity index (χ2n) is 4.48. The Labute approximate surface area is 126 Å². The molecule has 5 heteroatoms. The number of nitrogens with zero attached hydrogens (tertiary/aromatic N) is 1. The summed E-state index contributed by atoms with van der Waals surface area (Å²) in [6.45, 7) is 2.35. The molecule has 3 unspecified atom stereocenters. The molecular weight excluding hydrogens is 328 g/mol. The van der Waals surface area contributed by atoms with Gasteiger partial charge in [-0.3, -0.25) is 4.98 Å². The average Bonchev–Trinajstić information content (AvgIpc) is 2.39. The van der Waals surface area contributed by atoms with Crippen LogP contribution in [-0.4, -0.2) is 40.1 Å². The van der Waals surface area contributed by atoms with Gasteiger partial charge in [0.2, 0.25) is 0 Å². The average molecular weight is 347 g/mol. The quantitative estimate of drug-likeness (QED) is 0.904. The number of aromatic nitrogens is 1. The second-order valence-corrected chi connectivity index (χ2v) is 8.17. The molecule has 1 aromatic heterocycles. The molecule has 18 heavy (non-hydrogen) atoms. The zero-order valence-corrected chi connectivity index (χ0v) is 13.9. The molecule has 0 saturated carbocycles. The van der Waals surface area contributed by atoms with Crippen LogP contribution >= 0.6 is 39.5 Å². The fourth-order valence-electron chi connectivity index (χ4n) is 2.23. The molecular formula is C13H19BrN2S2. The normalized spacial score (nSPS) is 25.9. The number of likely N-dealkylation sites (N-methyl/N-ethyl adjacent to an activating group) is 1. The Balaban J connectivity index is 2.02. The molecule has 2 heterocycles. The molecule has 1 N–H and O–H groups in total. The topological polar surface area (TPSA) is 24.9 Å². The van der Waals surface area contributed by atoms with E-state index in [1.165, 1.54) is 17.2 Å². The van der Waals surface area contributed by atoms with E-state index in [0.29, 0.717) is 11.3 Å². The van der Waals surface area contributed by atoms with Gasteiger partial charge in [-0.25, -0.2) is 0 Å². The van der Waals surface area contributed by atoms with Gasteiger partial charge in [0.05, 0.1) is 0 Å². The maximum Gasteiger partial charge on any atom is 0.0420 e. The summed E-state index contributed by atoms with van der Waals surface area (Å²) in [5.74, 6) is 2.56. The first kappa shape index (κ1) is 14.7. The fourth-order valence-corrected chi connectivity index (χ4v) is 5.46. The van der Waals surface area contributed by atoms with Crippen molar-refractivity contribution in [3.63, 3.8) is 0 Å². The smallest absolute Gasteiger partial charge is 0.0420 e. The Morgan fingerprint density at radius 3 is 2.83 bits per heavy atom. The summed E-state index contributed by atoms with van der Waals surface area (Å²) in [6.07, 6.45) is 2.89. The summed E-state index contributed by atoms with van der Waals surface area (Å²) < 4.78 is 1.04. The molecule has 0 bridgehead atoms. The highest BCUT2D eigenvalue weighted by molar-refractivity contribution is 9.10. The van der Waals surface area contributed by atoms with Crippen LogP contribution in [0.15, 0.2) is 22.8 Å². The zero-order chi connectivity index (χ0) is 13.0. The predicted molar refractivity (Wildman–Crippen MR) is 86.7 cm³/mol. The molecule has 2 rings (SSSR count). The van der Waals surface area contributed by atoms with Crippen molar-refractivity contribution in [1.82, 2.24) is 10.3 Å². The third-order valence-electron chi connectivity index (χ3n) is 3.22. The van der Waals surface area contributed by atoms with Gasteiger partial charge < -0.3 is 5.32 Å². The lowest BCUT2D eigenvalue weighted by Crippen LogP contribution is -2.44. The maximum atomic E-state index is 4.48. The van der Waals surface area contributed by atoms with E-state index in [-0.39, 0.29) is 0 Å². The number of halogens is 1. The van der Waals surface area contributed by atoms with E-state index in [1.807, 2.05) is 6.20 Å². The Hall–Kier alpha value is 0.290. The van der Waals surface area contributed by atoms with Crippen LogP contribution in [0.5, 0.6) is 0 Å². The summed E-state index contributed by atoms with van der Waals surface area (Å²) >= 11 is 7.63. The van der Waals surface area contributed by atoms with E-state index in [2.05, 4.69) is 75.9 Å². The molecule has 0 radical (unpaired) electrons. The predicted octanol–water partition coefficient (Wildman–Crippen LogP) is 3.21. The molecule has 1 aliphatic heterocycles. The van der Waals surface area contributed by atoms with Gasteiger partial charge in [0.25, 0.3) is 0 Å². The highest BCUT2D eigenvalue weighted by atomic mass is 79.9. The van der Waals surface area contributed by atoms with E-state index in [4.69, 9.17) is 0 Å². The molecule has 100 valence electrons. The fraction of sp³-hybridized carbons (Fsp3) is 0.615. The Morgan fingerprint density at radius 2 is 2.22 bits per heavy atom. The highest BCUT2D eigenvalue weighted by Crippen LogP contribution is 2.33. The molecule has 3 atom stereocenters. The molecule has 1 aliphatic rings. The van der Waals surface area contributed by atoms with E-state index in [0.717, 1.165) is 16.1 Å². The van der Waals surface area contributed by atoms with Crippen molar-refractivity contribution in [3.05, 3.63) is 28.5 Å². The van der Waals surface area contributed by atoms with Crippen LogP contribution in [0.25, 0.3) is 0 Å². The van der Waals surface area contributed by atoms with E-state index < -0.39 is 0 Å². The molecule has 2 nitrogen and oxygen atoms in total. The third-order valence-corrected chi connectivity index (χ3v) is 6.94. The van der Waals surface area contributed by atoms with Crippen LogP contribution in [0.4, 0.5) is 0 Å². The van der Waals surface area contributed by atoms with Crippen molar-refractivity contribution in [2.45, 2.75) is 29.9 Å². The van der Waals surface area contributed by atoms with Gasteiger partial charge in [-0.15, -0.1) is 0 Å². The van der Waals surface area contributed by atoms with Gasteiger partial charge in [-0.05, 0) is 35.1 Å². The lowest BCUT2D eigenvalue weighted by Gasteiger charge is -2.34. The van der Waals surface area contributed by atoms with Crippen molar-refractivity contribution in [2.75, 3.05) is 18.6 Å². The summed E-state index contributed by atoms with van der Waals surface area (Å²) in [6, 6.07) is 4.69. The lowest BCUT2D eigenvalue weighted by molar-refractivity contribution is 0.525. The zero-order valence-electron chi connectivity index (χ0n) is 10.7. The number of hydrogen-bond acceptors (Lipinski definition) is 4. The minimum atomic E-state index is 0.506. The Kier molecular flexibility index (Phi) is 5.86. The van der Waals surface area contributed by atoms with Crippen molar-refractivity contribution in [3.8, 4) is 0 Å². The van der Waals surface area contributed by atoms with Gasteiger partial charge in [0.1, 0.15) is 0 Å². The van der Waals surface area contributed by atoms with Crippen LogP contribution in [-0.2, 0) is 6.42 Å². The maximum absolute atomic E-state index is 4.48. The SMILES string of the molecule is CNC(Cc1ccc(Br)cn1)C1SCCSC1C. The molecule has 0 spiro atoms. The first-order valence-corrected chi connectivity index (χ1v) is 9.10. The van der Waals surface area contributed by atoms with Crippen LogP contribution in [0.1, 0.15) is 12.6 Å². The van der Waals surface area contributed by atoms with E-state index in [9.17, 15) is 0 Å². The van der Waals surface area contributed by atoms with Crippen molar-refractivity contribution in [1.29, 1.82) is 0 Å². The summed E-state index contributed by atoms with van der Waals surface area (Å²) in [5.41, 5.74) is 1.17. The molecule has 1 aromatic rings. The first-order valence-electron chi connectivity index (χ1n) is 6.21. The Morgan fingerprint density at radius 1 is 1.44 bits per heavy atom. The number of rotatable bonds is 4. The van der Waals surface area contributed by atoms with Crippen LogP contribution in [0.2, 0.25) is 0 Å². The third kappa shape index (κ3) is 3.89. The first-order chi connectivity index (χ1) is 8.70. The van der Waals surface area contributed by atoms with Crippen LogP contribution in [0, 0.1) is 0 Å². The summed E-state index contributed by atoms with van der Waals surface area (Å²) in [7, 11) is 2.07. The van der Waals surface area contributed by atoms with E-state index in [1.54, 1.807) is 0 Å². The molecule has 0 amide bonds. The Bertz CT molecular complexity index is 372. The summed E-state index contributed by atoms with van der Waals surface area (Å²) in [4.78, 5) is 4.48. The monoisotopic (exact) mass is 346 g/mol. The standard InChI is InChI=1S/C13H19BrN2S2/c1-9-13(18-6-5-17-9)12(15-2)7-11-4-3-10(14)8-16-11/h3-4,8-9,12-13,15H,5-7H2,1-2H3. The van der Waals surface area contributed by atoms with Gasteiger partial charge in [0.15, 0.2) is 0 Å². The van der Waals surface area contributed by atoms with Gasteiger partial charge in [-0.2, -0.15) is 23.5 Å². The summed E-state index contributed by atoms with van der Waals surface area (Å²) in [5, 5.41) is 4.88.